The number of amides is 1. The molecule has 0 aliphatic carbocycles. The fourth-order valence-electron chi connectivity index (χ4n) is 2.64. The van der Waals surface area contributed by atoms with Crippen LogP contribution in [0.15, 0.2) is 54.6 Å². The number of aryl methyl sites for hydroxylation is 1. The summed E-state index contributed by atoms with van der Waals surface area (Å²) in [6.07, 6.45) is 1.60. The van der Waals surface area contributed by atoms with Crippen LogP contribution >= 0.6 is 0 Å². The van der Waals surface area contributed by atoms with Crippen molar-refractivity contribution in [1.82, 2.24) is 0 Å². The molecule has 0 aliphatic rings. The van der Waals surface area contributed by atoms with Crippen molar-refractivity contribution in [2.75, 3.05) is 0 Å². The molecule has 0 fully saturated rings. The molecule has 22 heavy (non-hydrogen) atoms. The first-order chi connectivity index (χ1) is 10.4. The Kier molecular flexibility index (Phi) is 5.02. The van der Waals surface area contributed by atoms with Gasteiger partial charge in [0.25, 0.3) is 0 Å². The Bertz CT molecular complexity index is 608. The largest absolute Gasteiger partial charge is 0.369 e. The van der Waals surface area contributed by atoms with Gasteiger partial charge in [-0.3, -0.25) is 4.79 Å². The Hall–Kier alpha value is -2.09. The van der Waals surface area contributed by atoms with E-state index in [1.165, 1.54) is 11.1 Å². The lowest BCUT2D eigenvalue weighted by molar-refractivity contribution is -0.119. The Morgan fingerprint density at radius 3 is 2.09 bits per heavy atom. The second-order valence-corrected chi connectivity index (χ2v) is 6.85. The van der Waals surface area contributed by atoms with Crippen molar-refractivity contribution in [3.63, 3.8) is 0 Å². The van der Waals surface area contributed by atoms with Crippen molar-refractivity contribution in [3.8, 4) is 0 Å². The number of rotatable bonds is 5. The Labute approximate surface area is 133 Å². The molecule has 2 aromatic rings. The molecule has 0 radical (unpaired) electrons. The van der Waals surface area contributed by atoms with Gasteiger partial charge in [-0.15, -0.1) is 0 Å². The highest BCUT2D eigenvalue weighted by Crippen LogP contribution is 2.26. The fourth-order valence-corrected chi connectivity index (χ4v) is 2.64. The van der Waals surface area contributed by atoms with Crippen LogP contribution in [-0.2, 0) is 16.6 Å². The van der Waals surface area contributed by atoms with Gasteiger partial charge >= 0.3 is 0 Å². The van der Waals surface area contributed by atoms with E-state index < -0.39 is 0 Å². The highest BCUT2D eigenvalue weighted by Gasteiger charge is 2.19. The van der Waals surface area contributed by atoms with Crippen LogP contribution in [0.4, 0.5) is 0 Å². The molecule has 0 aliphatic heterocycles. The second kappa shape index (κ2) is 6.78. The molecule has 2 nitrogen and oxygen atoms in total. The summed E-state index contributed by atoms with van der Waals surface area (Å²) in [5.41, 5.74) is 9.25. The van der Waals surface area contributed by atoms with Crippen LogP contribution in [0.25, 0.3) is 0 Å². The molecule has 2 rings (SSSR count). The number of primary amides is 1. The smallest absolute Gasteiger partial charge is 0.224 e. The fraction of sp³-hybridized carbons (Fsp3) is 0.350. The van der Waals surface area contributed by atoms with Crippen LogP contribution in [0.3, 0.4) is 0 Å². The average Bonchev–Trinajstić information content (AvgIpc) is 2.48. The number of hydrogen-bond donors (Lipinski definition) is 1. The van der Waals surface area contributed by atoms with E-state index in [0.29, 0.717) is 0 Å². The van der Waals surface area contributed by atoms with E-state index in [9.17, 15) is 4.79 Å². The zero-order chi connectivity index (χ0) is 16.2. The summed E-state index contributed by atoms with van der Waals surface area (Å²) >= 11 is 0. The lowest BCUT2D eigenvalue weighted by atomic mass is 9.84. The molecule has 0 saturated heterocycles. The summed E-state index contributed by atoms with van der Waals surface area (Å²) < 4.78 is 0. The minimum absolute atomic E-state index is 0.116. The van der Waals surface area contributed by atoms with Gasteiger partial charge in [-0.1, -0.05) is 75.4 Å². The van der Waals surface area contributed by atoms with Crippen molar-refractivity contribution >= 4 is 5.91 Å². The molecule has 0 bridgehead atoms. The Morgan fingerprint density at radius 1 is 1.00 bits per heavy atom. The third-order valence-electron chi connectivity index (χ3n) is 4.09. The molecular weight excluding hydrogens is 270 g/mol. The van der Waals surface area contributed by atoms with E-state index in [4.69, 9.17) is 5.73 Å². The van der Waals surface area contributed by atoms with Crippen LogP contribution < -0.4 is 5.73 Å². The van der Waals surface area contributed by atoms with Gasteiger partial charge in [-0.25, -0.2) is 0 Å². The molecule has 0 saturated carbocycles. The molecule has 1 amide bonds. The lowest BCUT2D eigenvalue weighted by Crippen LogP contribution is -2.22. The first-order valence-corrected chi connectivity index (χ1v) is 7.81. The van der Waals surface area contributed by atoms with Gasteiger partial charge in [0.05, 0.1) is 5.92 Å². The summed E-state index contributed by atoms with van der Waals surface area (Å²) in [6.45, 7) is 6.55. The topological polar surface area (TPSA) is 43.1 Å². The Balaban J connectivity index is 2.13. The van der Waals surface area contributed by atoms with Gasteiger partial charge in [0.1, 0.15) is 0 Å². The van der Waals surface area contributed by atoms with E-state index in [-0.39, 0.29) is 17.2 Å². The Morgan fingerprint density at radius 2 is 1.59 bits per heavy atom. The summed E-state index contributed by atoms with van der Waals surface area (Å²) in [4.78, 5) is 11.8. The van der Waals surface area contributed by atoms with Crippen molar-refractivity contribution in [3.05, 3.63) is 71.3 Å². The number of hydrogen-bond acceptors (Lipinski definition) is 1. The van der Waals surface area contributed by atoms with Crippen LogP contribution in [0.5, 0.6) is 0 Å². The molecule has 0 unspecified atom stereocenters. The summed E-state index contributed by atoms with van der Waals surface area (Å²) in [6, 6.07) is 18.5. The maximum absolute atomic E-state index is 11.8. The minimum atomic E-state index is -0.251. The zero-order valence-electron chi connectivity index (χ0n) is 13.7. The molecule has 0 heterocycles. The SMILES string of the molecule is CC(C)(C)c1ccc([C@@H](CCc2ccccc2)C(N)=O)cc1. The van der Waals surface area contributed by atoms with Gasteiger partial charge in [-0.2, -0.15) is 0 Å². The normalized spacial score (nSPS) is 12.9. The third kappa shape index (κ3) is 4.20. The second-order valence-electron chi connectivity index (χ2n) is 6.85. The average molecular weight is 295 g/mol. The van der Waals surface area contributed by atoms with Crippen LogP contribution in [0.1, 0.15) is 49.8 Å². The first kappa shape index (κ1) is 16.3. The first-order valence-electron chi connectivity index (χ1n) is 7.81. The standard InChI is InChI=1S/C20H25NO/c1-20(2,3)17-12-10-16(11-13-17)18(19(21)22)14-9-15-7-5-4-6-8-15/h4-8,10-13,18H,9,14H2,1-3H3,(H2,21,22)/t18-/m1/s1. The van der Waals surface area contributed by atoms with E-state index in [2.05, 4.69) is 45.0 Å². The quantitative estimate of drug-likeness (QED) is 0.883. The zero-order valence-corrected chi connectivity index (χ0v) is 13.7. The van der Waals surface area contributed by atoms with E-state index in [1.807, 2.05) is 30.3 Å². The molecule has 116 valence electrons. The van der Waals surface area contributed by atoms with E-state index >= 15 is 0 Å². The molecule has 1 atom stereocenters. The van der Waals surface area contributed by atoms with Crippen LogP contribution in [0, 0.1) is 0 Å². The number of nitrogens with two attached hydrogens (primary N) is 1. The van der Waals surface area contributed by atoms with E-state index in [1.54, 1.807) is 0 Å². The van der Waals surface area contributed by atoms with E-state index in [0.717, 1.165) is 18.4 Å². The predicted octanol–water partition coefficient (Wildman–Crippen LogP) is 4.19. The van der Waals surface area contributed by atoms with Gasteiger partial charge in [0.15, 0.2) is 0 Å². The van der Waals surface area contributed by atoms with Crippen LogP contribution in [0.2, 0.25) is 0 Å². The van der Waals surface area contributed by atoms with Gasteiger partial charge in [-0.05, 0) is 34.9 Å². The van der Waals surface area contributed by atoms with Crippen molar-refractivity contribution in [2.24, 2.45) is 5.73 Å². The molecule has 2 heteroatoms. The van der Waals surface area contributed by atoms with Gasteiger partial charge < -0.3 is 5.73 Å². The number of carbonyl (C=O) groups excluding carboxylic acids is 1. The van der Waals surface area contributed by atoms with Crippen LogP contribution in [-0.4, -0.2) is 5.91 Å². The number of carbonyl (C=O) groups is 1. The molecule has 2 aromatic carbocycles. The summed E-state index contributed by atoms with van der Waals surface area (Å²) in [5, 5.41) is 0. The lowest BCUT2D eigenvalue weighted by Gasteiger charge is -2.20. The third-order valence-corrected chi connectivity index (χ3v) is 4.09. The van der Waals surface area contributed by atoms with Gasteiger partial charge in [0.2, 0.25) is 5.91 Å². The maximum Gasteiger partial charge on any atom is 0.224 e. The monoisotopic (exact) mass is 295 g/mol. The minimum Gasteiger partial charge on any atom is -0.369 e. The predicted molar refractivity (Wildman–Crippen MR) is 91.8 cm³/mol. The summed E-state index contributed by atoms with van der Waals surface area (Å²) in [5.74, 6) is -0.478. The van der Waals surface area contributed by atoms with Crippen molar-refractivity contribution in [2.45, 2.75) is 44.9 Å². The summed E-state index contributed by atoms with van der Waals surface area (Å²) in [7, 11) is 0. The molecule has 0 aromatic heterocycles. The number of benzene rings is 2. The molecule has 0 spiro atoms. The van der Waals surface area contributed by atoms with Crippen molar-refractivity contribution in [1.29, 1.82) is 0 Å². The molecular formula is C20H25NO. The molecule has 2 N–H and O–H groups in total. The van der Waals surface area contributed by atoms with Gasteiger partial charge in [0, 0.05) is 0 Å². The highest BCUT2D eigenvalue weighted by atomic mass is 16.1. The maximum atomic E-state index is 11.8. The highest BCUT2D eigenvalue weighted by molar-refractivity contribution is 5.81. The van der Waals surface area contributed by atoms with Crippen molar-refractivity contribution < 1.29 is 4.79 Å².